The van der Waals surface area contributed by atoms with Crippen LogP contribution < -0.4 is 5.32 Å². The maximum atomic E-state index is 4.67. The summed E-state index contributed by atoms with van der Waals surface area (Å²) in [5, 5.41) is 3.28. The van der Waals surface area contributed by atoms with Crippen molar-refractivity contribution in [3.63, 3.8) is 0 Å². The van der Waals surface area contributed by atoms with Gasteiger partial charge in [0.2, 0.25) is 0 Å². The van der Waals surface area contributed by atoms with Crippen molar-refractivity contribution in [1.82, 2.24) is 29.9 Å². The van der Waals surface area contributed by atoms with Crippen molar-refractivity contribution >= 4 is 5.82 Å². The molecule has 4 rings (SSSR count). The Morgan fingerprint density at radius 2 is 1.67 bits per heavy atom. The van der Waals surface area contributed by atoms with E-state index in [2.05, 4.69) is 35.2 Å². The first-order valence-electron chi connectivity index (χ1n) is 8.50. The molecule has 0 spiro atoms. The van der Waals surface area contributed by atoms with Crippen molar-refractivity contribution in [2.75, 3.05) is 5.32 Å². The number of aromatic nitrogens is 6. The Balaban J connectivity index is 1.68. The standard InChI is InChI=1S/C20H17N7/c1-14-11-23-19(24-12-14)13-25-18-10-17(16-4-2-3-7-22-16)26-20(27-18)15-5-8-21-9-6-15/h2-12H,13H2,1H3,(H,25,26,27). The van der Waals surface area contributed by atoms with Gasteiger partial charge in [-0.05, 0) is 36.8 Å². The summed E-state index contributed by atoms with van der Waals surface area (Å²) in [6.07, 6.45) is 8.78. The van der Waals surface area contributed by atoms with E-state index in [0.29, 0.717) is 24.0 Å². The molecule has 0 aromatic carbocycles. The Morgan fingerprint density at radius 1 is 0.852 bits per heavy atom. The highest BCUT2D eigenvalue weighted by Gasteiger charge is 2.10. The molecular formula is C20H17N7. The SMILES string of the molecule is Cc1cnc(CNc2cc(-c3ccccn3)nc(-c3ccncc3)n2)nc1. The number of pyridine rings is 2. The first kappa shape index (κ1) is 16.7. The lowest BCUT2D eigenvalue weighted by molar-refractivity contribution is 0.929. The van der Waals surface area contributed by atoms with Crippen LogP contribution in [0, 0.1) is 6.92 Å². The number of anilines is 1. The quantitative estimate of drug-likeness (QED) is 0.587. The van der Waals surface area contributed by atoms with E-state index >= 15 is 0 Å². The van der Waals surface area contributed by atoms with Crippen LogP contribution in [0.3, 0.4) is 0 Å². The van der Waals surface area contributed by atoms with Crippen LogP contribution in [0.1, 0.15) is 11.4 Å². The van der Waals surface area contributed by atoms with Crippen LogP contribution in [0.4, 0.5) is 5.82 Å². The largest absolute Gasteiger partial charge is 0.363 e. The van der Waals surface area contributed by atoms with Crippen LogP contribution in [0.15, 0.2) is 67.4 Å². The summed E-state index contributed by atoms with van der Waals surface area (Å²) in [5.41, 5.74) is 3.44. The van der Waals surface area contributed by atoms with Crippen LogP contribution >= 0.6 is 0 Å². The maximum absolute atomic E-state index is 4.67. The predicted octanol–water partition coefficient (Wildman–Crippen LogP) is 3.31. The highest BCUT2D eigenvalue weighted by atomic mass is 15.1. The summed E-state index contributed by atoms with van der Waals surface area (Å²) < 4.78 is 0. The zero-order valence-corrected chi connectivity index (χ0v) is 14.7. The average Bonchev–Trinajstić information content (AvgIpc) is 2.74. The molecule has 4 heterocycles. The molecule has 4 aromatic rings. The van der Waals surface area contributed by atoms with Gasteiger partial charge >= 0.3 is 0 Å². The molecule has 0 unspecified atom stereocenters. The van der Waals surface area contributed by atoms with E-state index in [4.69, 9.17) is 0 Å². The molecule has 0 radical (unpaired) electrons. The van der Waals surface area contributed by atoms with E-state index in [1.54, 1.807) is 31.0 Å². The normalized spacial score (nSPS) is 10.6. The Kier molecular flexibility index (Phi) is 4.74. The second-order valence-corrected chi connectivity index (χ2v) is 5.94. The monoisotopic (exact) mass is 355 g/mol. The molecule has 0 aliphatic rings. The summed E-state index contributed by atoms with van der Waals surface area (Å²) >= 11 is 0. The molecule has 132 valence electrons. The van der Waals surface area contributed by atoms with Crippen molar-refractivity contribution in [2.24, 2.45) is 0 Å². The number of hydrogen-bond donors (Lipinski definition) is 1. The van der Waals surface area contributed by atoms with Gasteiger partial charge in [0.15, 0.2) is 5.82 Å². The molecule has 7 heteroatoms. The maximum Gasteiger partial charge on any atom is 0.162 e. The highest BCUT2D eigenvalue weighted by molar-refractivity contribution is 5.65. The molecular weight excluding hydrogens is 338 g/mol. The van der Waals surface area contributed by atoms with Gasteiger partial charge in [-0.2, -0.15) is 0 Å². The zero-order valence-electron chi connectivity index (χ0n) is 14.7. The van der Waals surface area contributed by atoms with Crippen LogP contribution in [0.25, 0.3) is 22.8 Å². The number of nitrogens with zero attached hydrogens (tertiary/aromatic N) is 6. The fourth-order valence-electron chi connectivity index (χ4n) is 2.49. The molecule has 1 N–H and O–H groups in total. The Hall–Kier alpha value is -3.74. The van der Waals surface area contributed by atoms with Gasteiger partial charge in [0, 0.05) is 42.6 Å². The topological polar surface area (TPSA) is 89.4 Å². The van der Waals surface area contributed by atoms with E-state index < -0.39 is 0 Å². The van der Waals surface area contributed by atoms with E-state index in [9.17, 15) is 0 Å². The smallest absolute Gasteiger partial charge is 0.162 e. The first-order chi connectivity index (χ1) is 13.3. The van der Waals surface area contributed by atoms with Gasteiger partial charge in [0.1, 0.15) is 11.6 Å². The fraction of sp³-hybridized carbons (Fsp3) is 0.100. The van der Waals surface area contributed by atoms with E-state index in [-0.39, 0.29) is 0 Å². The lowest BCUT2D eigenvalue weighted by atomic mass is 10.2. The highest BCUT2D eigenvalue weighted by Crippen LogP contribution is 2.23. The molecule has 0 atom stereocenters. The minimum absolute atomic E-state index is 0.467. The summed E-state index contributed by atoms with van der Waals surface area (Å²) in [6.45, 7) is 2.43. The molecule has 0 saturated carbocycles. The summed E-state index contributed by atoms with van der Waals surface area (Å²) in [4.78, 5) is 26.4. The van der Waals surface area contributed by atoms with Gasteiger partial charge in [0.25, 0.3) is 0 Å². The number of nitrogens with one attached hydrogen (secondary N) is 1. The van der Waals surface area contributed by atoms with Gasteiger partial charge < -0.3 is 5.32 Å². The minimum atomic E-state index is 0.467. The molecule has 0 aliphatic carbocycles. The third-order valence-electron chi connectivity index (χ3n) is 3.85. The molecule has 7 nitrogen and oxygen atoms in total. The molecule has 4 aromatic heterocycles. The summed E-state index contributed by atoms with van der Waals surface area (Å²) in [5.74, 6) is 1.98. The second-order valence-electron chi connectivity index (χ2n) is 5.94. The van der Waals surface area contributed by atoms with Crippen LogP contribution in [-0.4, -0.2) is 29.9 Å². The van der Waals surface area contributed by atoms with Gasteiger partial charge in [-0.3, -0.25) is 9.97 Å². The van der Waals surface area contributed by atoms with Crippen molar-refractivity contribution in [3.8, 4) is 22.8 Å². The third kappa shape index (κ3) is 4.09. The van der Waals surface area contributed by atoms with Crippen molar-refractivity contribution in [1.29, 1.82) is 0 Å². The predicted molar refractivity (Wildman–Crippen MR) is 103 cm³/mol. The van der Waals surface area contributed by atoms with Gasteiger partial charge in [-0.1, -0.05) is 6.07 Å². The Morgan fingerprint density at radius 3 is 2.41 bits per heavy atom. The third-order valence-corrected chi connectivity index (χ3v) is 3.85. The van der Waals surface area contributed by atoms with Crippen LogP contribution in [0.2, 0.25) is 0 Å². The molecule has 0 aliphatic heterocycles. The van der Waals surface area contributed by atoms with Crippen LogP contribution in [0.5, 0.6) is 0 Å². The summed E-state index contributed by atoms with van der Waals surface area (Å²) in [7, 11) is 0. The van der Waals surface area contributed by atoms with Crippen molar-refractivity contribution < 1.29 is 0 Å². The van der Waals surface area contributed by atoms with Gasteiger partial charge in [0.05, 0.1) is 17.9 Å². The molecule has 27 heavy (non-hydrogen) atoms. The number of hydrogen-bond acceptors (Lipinski definition) is 7. The summed E-state index contributed by atoms with van der Waals surface area (Å²) in [6, 6.07) is 11.4. The van der Waals surface area contributed by atoms with E-state index in [0.717, 1.165) is 22.5 Å². The lowest BCUT2D eigenvalue weighted by Crippen LogP contribution is -2.07. The molecule has 0 saturated heterocycles. The molecule has 0 fully saturated rings. The van der Waals surface area contributed by atoms with Gasteiger partial charge in [-0.25, -0.2) is 19.9 Å². The molecule has 0 bridgehead atoms. The number of aryl methyl sites for hydroxylation is 1. The van der Waals surface area contributed by atoms with E-state index in [1.807, 2.05) is 43.3 Å². The minimum Gasteiger partial charge on any atom is -0.363 e. The zero-order chi connectivity index (χ0) is 18.5. The van der Waals surface area contributed by atoms with Crippen molar-refractivity contribution in [3.05, 3.63) is 78.8 Å². The van der Waals surface area contributed by atoms with Gasteiger partial charge in [-0.15, -0.1) is 0 Å². The molecule has 0 amide bonds. The number of rotatable bonds is 5. The Bertz CT molecular complexity index is 961. The lowest BCUT2D eigenvalue weighted by Gasteiger charge is -2.10. The first-order valence-corrected chi connectivity index (χ1v) is 8.50. The van der Waals surface area contributed by atoms with Crippen molar-refractivity contribution in [2.45, 2.75) is 13.5 Å². The Labute approximate surface area is 156 Å². The average molecular weight is 355 g/mol. The van der Waals surface area contributed by atoms with Crippen LogP contribution in [-0.2, 0) is 6.54 Å². The second kappa shape index (κ2) is 7.65. The fourth-order valence-corrected chi connectivity index (χ4v) is 2.49. The van der Waals surface area contributed by atoms with E-state index in [1.165, 1.54) is 0 Å².